The van der Waals surface area contributed by atoms with Gasteiger partial charge >= 0.3 is 5.97 Å². The molecule has 2 unspecified atom stereocenters. The molecule has 0 bridgehead atoms. The topological polar surface area (TPSA) is 75.6 Å². The van der Waals surface area contributed by atoms with Crippen LogP contribution in [0.4, 0.5) is 4.39 Å². The summed E-state index contributed by atoms with van der Waals surface area (Å²) in [4.78, 5) is 24.1. The molecule has 7 heteroatoms. The van der Waals surface area contributed by atoms with Crippen molar-refractivity contribution in [2.45, 2.75) is 30.7 Å². The molecule has 1 amide bonds. The number of carboxylic acid groups (broad SMARTS) is 1. The van der Waals surface area contributed by atoms with Gasteiger partial charge in [-0.1, -0.05) is 6.92 Å². The van der Waals surface area contributed by atoms with Crippen LogP contribution in [0.2, 0.25) is 0 Å². The van der Waals surface area contributed by atoms with Gasteiger partial charge in [-0.15, -0.1) is 11.8 Å². The molecule has 0 aromatic heterocycles. The Labute approximate surface area is 139 Å². The Hall–Kier alpha value is -1.60. The van der Waals surface area contributed by atoms with E-state index in [1.807, 2.05) is 0 Å². The number of benzene rings is 1. The molecule has 2 atom stereocenters. The number of aliphatic carboxylic acids is 1. The highest BCUT2D eigenvalue weighted by Crippen LogP contribution is 2.21. The van der Waals surface area contributed by atoms with Crippen LogP contribution in [-0.2, 0) is 14.3 Å². The molecule has 1 aromatic carbocycles. The van der Waals surface area contributed by atoms with Gasteiger partial charge in [0.1, 0.15) is 5.82 Å². The standard InChI is InChI=1S/C16H22FNO4S/c1-11(9-23-13-6-4-12(17)5-7-13)15(21)18-16(2,10-22-3)8-14(19)20/h4-7,11H,8-10H2,1-3H3,(H,18,21)(H,19,20). The molecule has 0 aliphatic rings. The minimum atomic E-state index is -1.00. The molecule has 0 saturated heterocycles. The zero-order valence-corrected chi connectivity index (χ0v) is 14.3. The molecule has 0 aliphatic heterocycles. The summed E-state index contributed by atoms with van der Waals surface area (Å²) < 4.78 is 17.9. The molecule has 0 radical (unpaired) electrons. The van der Waals surface area contributed by atoms with Crippen molar-refractivity contribution in [1.82, 2.24) is 5.32 Å². The number of carbonyl (C=O) groups is 2. The van der Waals surface area contributed by atoms with E-state index in [0.29, 0.717) is 5.75 Å². The number of nitrogens with one attached hydrogen (secondary N) is 1. The fourth-order valence-electron chi connectivity index (χ4n) is 2.03. The highest BCUT2D eigenvalue weighted by molar-refractivity contribution is 7.99. The monoisotopic (exact) mass is 343 g/mol. The second kappa shape index (κ2) is 8.88. The normalized spacial score (nSPS) is 14.8. The third-order valence-corrected chi connectivity index (χ3v) is 4.46. The number of carboxylic acids is 1. The Kier molecular flexibility index (Phi) is 7.51. The van der Waals surface area contributed by atoms with Crippen molar-refractivity contribution < 1.29 is 23.8 Å². The lowest BCUT2D eigenvalue weighted by molar-refractivity contribution is -0.140. The van der Waals surface area contributed by atoms with Crippen LogP contribution >= 0.6 is 11.8 Å². The second-order valence-corrected chi connectivity index (χ2v) is 6.81. The van der Waals surface area contributed by atoms with Crippen molar-refractivity contribution in [1.29, 1.82) is 0 Å². The predicted octanol–water partition coefficient (Wildman–Crippen LogP) is 2.55. The van der Waals surface area contributed by atoms with Crippen molar-refractivity contribution in [3.63, 3.8) is 0 Å². The first kappa shape index (κ1) is 19.4. The van der Waals surface area contributed by atoms with Gasteiger partial charge in [0.25, 0.3) is 0 Å². The average Bonchev–Trinajstić information content (AvgIpc) is 2.45. The Morgan fingerprint density at radius 3 is 2.52 bits per heavy atom. The molecule has 1 aromatic rings. The molecule has 0 fully saturated rings. The molecule has 1 rings (SSSR count). The van der Waals surface area contributed by atoms with E-state index >= 15 is 0 Å². The molecule has 2 N–H and O–H groups in total. The van der Waals surface area contributed by atoms with Gasteiger partial charge in [0, 0.05) is 23.7 Å². The average molecular weight is 343 g/mol. The van der Waals surface area contributed by atoms with E-state index in [2.05, 4.69) is 5.32 Å². The largest absolute Gasteiger partial charge is 0.481 e. The molecule has 5 nitrogen and oxygen atoms in total. The zero-order chi connectivity index (χ0) is 17.5. The quantitative estimate of drug-likeness (QED) is 0.674. The van der Waals surface area contributed by atoms with Gasteiger partial charge in [-0.3, -0.25) is 9.59 Å². The van der Waals surface area contributed by atoms with Crippen LogP contribution in [-0.4, -0.2) is 42.0 Å². The third-order valence-electron chi connectivity index (χ3n) is 3.19. The van der Waals surface area contributed by atoms with Gasteiger partial charge in [0.05, 0.1) is 18.6 Å². The number of methoxy groups -OCH3 is 1. The van der Waals surface area contributed by atoms with Gasteiger partial charge in [-0.2, -0.15) is 0 Å². The van der Waals surface area contributed by atoms with E-state index in [0.717, 1.165) is 4.90 Å². The van der Waals surface area contributed by atoms with Crippen molar-refractivity contribution in [3.8, 4) is 0 Å². The van der Waals surface area contributed by atoms with E-state index in [1.54, 1.807) is 26.0 Å². The summed E-state index contributed by atoms with van der Waals surface area (Å²) in [5.41, 5.74) is -0.952. The number of thioether (sulfide) groups is 1. The van der Waals surface area contributed by atoms with Crippen LogP contribution in [0.25, 0.3) is 0 Å². The van der Waals surface area contributed by atoms with Gasteiger partial charge in [0.2, 0.25) is 5.91 Å². The zero-order valence-electron chi connectivity index (χ0n) is 13.5. The fourth-order valence-corrected chi connectivity index (χ4v) is 2.95. The van der Waals surface area contributed by atoms with Crippen molar-refractivity contribution in [2.24, 2.45) is 5.92 Å². The lowest BCUT2D eigenvalue weighted by atomic mass is 9.98. The lowest BCUT2D eigenvalue weighted by Gasteiger charge is -2.29. The minimum Gasteiger partial charge on any atom is -0.481 e. The molecule has 0 aliphatic carbocycles. The summed E-state index contributed by atoms with van der Waals surface area (Å²) in [6.45, 7) is 3.52. The van der Waals surface area contributed by atoms with Crippen LogP contribution in [0.5, 0.6) is 0 Å². The number of rotatable bonds is 9. The van der Waals surface area contributed by atoms with Gasteiger partial charge in [-0.25, -0.2) is 4.39 Å². The summed E-state index contributed by atoms with van der Waals surface area (Å²) in [7, 11) is 1.46. The fraction of sp³-hybridized carbons (Fsp3) is 0.500. The number of carbonyl (C=O) groups excluding carboxylic acids is 1. The molecular weight excluding hydrogens is 321 g/mol. The Morgan fingerprint density at radius 2 is 2.00 bits per heavy atom. The maximum absolute atomic E-state index is 12.8. The predicted molar refractivity (Wildman–Crippen MR) is 87.0 cm³/mol. The first-order valence-electron chi connectivity index (χ1n) is 7.17. The molecule has 23 heavy (non-hydrogen) atoms. The SMILES string of the molecule is COCC(C)(CC(=O)O)NC(=O)C(C)CSc1ccc(F)cc1. The molecule has 0 heterocycles. The van der Waals surface area contributed by atoms with E-state index < -0.39 is 11.5 Å². The smallest absolute Gasteiger partial charge is 0.305 e. The first-order valence-corrected chi connectivity index (χ1v) is 8.15. The summed E-state index contributed by atoms with van der Waals surface area (Å²) >= 11 is 1.44. The number of hydrogen-bond donors (Lipinski definition) is 2. The van der Waals surface area contributed by atoms with E-state index in [1.165, 1.54) is 31.0 Å². The lowest BCUT2D eigenvalue weighted by Crippen LogP contribution is -2.52. The van der Waals surface area contributed by atoms with Gasteiger partial charge < -0.3 is 15.2 Å². The Bertz CT molecular complexity index is 537. The Balaban J connectivity index is 2.57. The van der Waals surface area contributed by atoms with Crippen LogP contribution in [0.3, 0.4) is 0 Å². The highest BCUT2D eigenvalue weighted by Gasteiger charge is 2.31. The van der Waals surface area contributed by atoms with E-state index in [-0.39, 0.29) is 30.7 Å². The summed E-state index contributed by atoms with van der Waals surface area (Å²) in [5, 5.41) is 11.7. The second-order valence-electron chi connectivity index (χ2n) is 5.72. The third kappa shape index (κ3) is 7.00. The van der Waals surface area contributed by atoms with Crippen LogP contribution < -0.4 is 5.32 Å². The summed E-state index contributed by atoms with van der Waals surface area (Å²) in [6.07, 6.45) is -0.218. The van der Waals surface area contributed by atoms with Gasteiger partial charge in [0.15, 0.2) is 0 Å². The minimum absolute atomic E-state index is 0.114. The highest BCUT2D eigenvalue weighted by atomic mass is 32.2. The Morgan fingerprint density at radius 1 is 1.39 bits per heavy atom. The summed E-state index contributed by atoms with van der Waals surface area (Å²) in [5.74, 6) is -1.36. The van der Waals surface area contributed by atoms with Crippen molar-refractivity contribution >= 4 is 23.6 Å². The molecule has 0 spiro atoms. The van der Waals surface area contributed by atoms with Crippen LogP contribution in [0, 0.1) is 11.7 Å². The maximum atomic E-state index is 12.8. The maximum Gasteiger partial charge on any atom is 0.305 e. The number of ether oxygens (including phenoxy) is 1. The summed E-state index contributed by atoms with van der Waals surface area (Å²) in [6, 6.07) is 6.05. The number of halogens is 1. The molecule has 128 valence electrons. The van der Waals surface area contributed by atoms with Crippen molar-refractivity contribution in [3.05, 3.63) is 30.1 Å². The van der Waals surface area contributed by atoms with E-state index in [4.69, 9.17) is 9.84 Å². The first-order chi connectivity index (χ1) is 10.8. The van der Waals surface area contributed by atoms with E-state index in [9.17, 15) is 14.0 Å². The molecule has 0 saturated carbocycles. The number of amides is 1. The van der Waals surface area contributed by atoms with Crippen LogP contribution in [0.1, 0.15) is 20.3 Å². The molecular formula is C16H22FNO4S. The van der Waals surface area contributed by atoms with Crippen molar-refractivity contribution in [2.75, 3.05) is 19.5 Å². The van der Waals surface area contributed by atoms with Crippen LogP contribution in [0.15, 0.2) is 29.2 Å². The van der Waals surface area contributed by atoms with Gasteiger partial charge in [-0.05, 0) is 31.2 Å². The number of hydrogen-bond acceptors (Lipinski definition) is 4.